The Morgan fingerprint density at radius 1 is 1.44 bits per heavy atom. The maximum absolute atomic E-state index is 10.3. The first kappa shape index (κ1) is 15.4. The SMILES string of the molecule is CCC(NCCOC)C(O)c1ccc(Cl)c(C)c1. The molecule has 1 rings (SSSR count). The van der Waals surface area contributed by atoms with Crippen molar-refractivity contribution in [2.45, 2.75) is 32.4 Å². The van der Waals surface area contributed by atoms with E-state index in [0.29, 0.717) is 6.61 Å². The van der Waals surface area contributed by atoms with E-state index < -0.39 is 6.10 Å². The number of hydrogen-bond acceptors (Lipinski definition) is 3. The Morgan fingerprint density at radius 2 is 2.17 bits per heavy atom. The number of nitrogens with one attached hydrogen (secondary N) is 1. The lowest BCUT2D eigenvalue weighted by molar-refractivity contribution is 0.117. The van der Waals surface area contributed by atoms with Gasteiger partial charge < -0.3 is 15.2 Å². The molecule has 0 bridgehead atoms. The highest BCUT2D eigenvalue weighted by Gasteiger charge is 2.18. The van der Waals surface area contributed by atoms with Crippen LogP contribution in [-0.2, 0) is 4.74 Å². The maximum Gasteiger partial charge on any atom is 0.0942 e. The molecule has 1 aromatic carbocycles. The van der Waals surface area contributed by atoms with Crippen LogP contribution in [-0.4, -0.2) is 31.4 Å². The van der Waals surface area contributed by atoms with Crippen LogP contribution in [0, 0.1) is 6.92 Å². The van der Waals surface area contributed by atoms with Crippen molar-refractivity contribution in [3.8, 4) is 0 Å². The van der Waals surface area contributed by atoms with E-state index in [9.17, 15) is 5.11 Å². The van der Waals surface area contributed by atoms with E-state index in [0.717, 1.165) is 29.1 Å². The van der Waals surface area contributed by atoms with Gasteiger partial charge in [-0.2, -0.15) is 0 Å². The highest BCUT2D eigenvalue weighted by Crippen LogP contribution is 2.23. The smallest absolute Gasteiger partial charge is 0.0942 e. The Bertz CT molecular complexity index is 371. The number of ether oxygens (including phenoxy) is 1. The highest BCUT2D eigenvalue weighted by molar-refractivity contribution is 6.31. The van der Waals surface area contributed by atoms with Crippen LogP contribution in [0.2, 0.25) is 5.02 Å². The van der Waals surface area contributed by atoms with Gasteiger partial charge in [0.2, 0.25) is 0 Å². The van der Waals surface area contributed by atoms with Crippen molar-refractivity contribution >= 4 is 11.6 Å². The summed E-state index contributed by atoms with van der Waals surface area (Å²) in [6.45, 7) is 5.37. The third-order valence-corrected chi connectivity index (χ3v) is 3.48. The maximum atomic E-state index is 10.3. The Morgan fingerprint density at radius 3 is 2.72 bits per heavy atom. The molecule has 1 aromatic rings. The van der Waals surface area contributed by atoms with Crippen LogP contribution >= 0.6 is 11.6 Å². The summed E-state index contributed by atoms with van der Waals surface area (Å²) in [7, 11) is 1.67. The van der Waals surface area contributed by atoms with E-state index >= 15 is 0 Å². The molecule has 0 fully saturated rings. The van der Waals surface area contributed by atoms with Gasteiger partial charge in [-0.05, 0) is 30.5 Å². The second-order valence-electron chi connectivity index (χ2n) is 4.42. The largest absolute Gasteiger partial charge is 0.387 e. The predicted molar refractivity (Wildman–Crippen MR) is 75.1 cm³/mol. The first-order valence-corrected chi connectivity index (χ1v) is 6.64. The molecular weight excluding hydrogens is 250 g/mol. The first-order chi connectivity index (χ1) is 8.60. The molecule has 4 heteroatoms. The first-order valence-electron chi connectivity index (χ1n) is 6.26. The summed E-state index contributed by atoms with van der Waals surface area (Å²) in [5.74, 6) is 0. The van der Waals surface area contributed by atoms with Gasteiger partial charge in [-0.25, -0.2) is 0 Å². The number of aliphatic hydroxyl groups excluding tert-OH is 1. The zero-order chi connectivity index (χ0) is 13.5. The van der Waals surface area contributed by atoms with E-state index in [1.807, 2.05) is 25.1 Å². The minimum absolute atomic E-state index is 0.0284. The van der Waals surface area contributed by atoms with Gasteiger partial charge >= 0.3 is 0 Å². The molecule has 18 heavy (non-hydrogen) atoms. The molecule has 0 aliphatic rings. The summed E-state index contributed by atoms with van der Waals surface area (Å²) in [4.78, 5) is 0. The quantitative estimate of drug-likeness (QED) is 0.750. The van der Waals surface area contributed by atoms with Gasteiger partial charge in [-0.3, -0.25) is 0 Å². The highest BCUT2D eigenvalue weighted by atomic mass is 35.5. The second kappa shape index (κ2) is 7.74. The third kappa shape index (κ3) is 4.25. The van der Waals surface area contributed by atoms with E-state index in [1.165, 1.54) is 0 Å². The van der Waals surface area contributed by atoms with Crippen molar-refractivity contribution < 1.29 is 9.84 Å². The van der Waals surface area contributed by atoms with Crippen LogP contribution in [0.4, 0.5) is 0 Å². The Balaban J connectivity index is 2.69. The zero-order valence-corrected chi connectivity index (χ0v) is 12.0. The molecule has 2 N–H and O–H groups in total. The Kier molecular flexibility index (Phi) is 6.65. The van der Waals surface area contributed by atoms with Gasteiger partial charge in [0, 0.05) is 24.7 Å². The normalized spacial score (nSPS) is 14.5. The van der Waals surface area contributed by atoms with Crippen molar-refractivity contribution in [1.82, 2.24) is 5.32 Å². The lowest BCUT2D eigenvalue weighted by Gasteiger charge is -2.23. The van der Waals surface area contributed by atoms with Crippen molar-refractivity contribution in [2.24, 2.45) is 0 Å². The fourth-order valence-corrected chi connectivity index (χ4v) is 2.03. The summed E-state index contributed by atoms with van der Waals surface area (Å²) in [6.07, 6.45) is 0.329. The van der Waals surface area contributed by atoms with E-state index in [2.05, 4.69) is 12.2 Å². The molecule has 3 nitrogen and oxygen atoms in total. The van der Waals surface area contributed by atoms with Gasteiger partial charge in [0.05, 0.1) is 12.7 Å². The van der Waals surface area contributed by atoms with Gasteiger partial charge in [0.25, 0.3) is 0 Å². The molecule has 0 aliphatic carbocycles. The fourth-order valence-electron chi connectivity index (χ4n) is 1.91. The van der Waals surface area contributed by atoms with Crippen LogP contribution in [0.1, 0.15) is 30.6 Å². The van der Waals surface area contributed by atoms with Gasteiger partial charge in [-0.1, -0.05) is 30.7 Å². The summed E-state index contributed by atoms with van der Waals surface area (Å²) >= 11 is 5.99. The molecule has 0 saturated carbocycles. The van der Waals surface area contributed by atoms with E-state index in [4.69, 9.17) is 16.3 Å². The minimum Gasteiger partial charge on any atom is -0.387 e. The summed E-state index contributed by atoms with van der Waals surface area (Å²) in [5.41, 5.74) is 1.88. The molecule has 0 spiro atoms. The fraction of sp³-hybridized carbons (Fsp3) is 0.571. The van der Waals surface area contributed by atoms with Crippen LogP contribution in [0.15, 0.2) is 18.2 Å². The van der Waals surface area contributed by atoms with Crippen molar-refractivity contribution in [1.29, 1.82) is 0 Å². The van der Waals surface area contributed by atoms with Gasteiger partial charge in [0.15, 0.2) is 0 Å². The number of halogens is 1. The summed E-state index contributed by atoms with van der Waals surface area (Å²) in [6, 6.07) is 5.67. The molecule has 0 saturated heterocycles. The zero-order valence-electron chi connectivity index (χ0n) is 11.2. The second-order valence-corrected chi connectivity index (χ2v) is 4.82. The number of aryl methyl sites for hydroxylation is 1. The molecule has 0 aliphatic heterocycles. The van der Waals surface area contributed by atoms with Crippen molar-refractivity contribution in [2.75, 3.05) is 20.3 Å². The number of rotatable bonds is 7. The molecule has 0 radical (unpaired) electrons. The van der Waals surface area contributed by atoms with Crippen LogP contribution < -0.4 is 5.32 Å². The lowest BCUT2D eigenvalue weighted by atomic mass is 9.99. The molecule has 0 heterocycles. The number of hydrogen-bond donors (Lipinski definition) is 2. The third-order valence-electron chi connectivity index (χ3n) is 3.06. The van der Waals surface area contributed by atoms with Gasteiger partial charge in [0.1, 0.15) is 0 Å². The monoisotopic (exact) mass is 271 g/mol. The summed E-state index contributed by atoms with van der Waals surface area (Å²) < 4.78 is 5.00. The number of methoxy groups -OCH3 is 1. The molecule has 2 atom stereocenters. The molecule has 0 aromatic heterocycles. The number of aliphatic hydroxyl groups is 1. The van der Waals surface area contributed by atoms with Crippen molar-refractivity contribution in [3.63, 3.8) is 0 Å². The topological polar surface area (TPSA) is 41.5 Å². The molecule has 0 amide bonds. The Labute approximate surface area is 114 Å². The van der Waals surface area contributed by atoms with Crippen LogP contribution in [0.3, 0.4) is 0 Å². The lowest BCUT2D eigenvalue weighted by Crippen LogP contribution is -2.36. The molecular formula is C14H22ClNO2. The standard InChI is InChI=1S/C14H22ClNO2/c1-4-13(16-7-8-18-3)14(17)11-5-6-12(15)10(2)9-11/h5-6,9,13-14,16-17H,4,7-8H2,1-3H3. The molecule has 102 valence electrons. The van der Waals surface area contributed by atoms with Crippen LogP contribution in [0.25, 0.3) is 0 Å². The summed E-state index contributed by atoms with van der Waals surface area (Å²) in [5, 5.41) is 14.4. The number of benzene rings is 1. The van der Waals surface area contributed by atoms with Crippen molar-refractivity contribution in [3.05, 3.63) is 34.3 Å². The minimum atomic E-state index is -0.525. The van der Waals surface area contributed by atoms with Crippen LogP contribution in [0.5, 0.6) is 0 Å². The van der Waals surface area contributed by atoms with Gasteiger partial charge in [-0.15, -0.1) is 0 Å². The average molecular weight is 272 g/mol. The molecule has 2 unspecified atom stereocenters. The Hall–Kier alpha value is -0.610. The van der Waals surface area contributed by atoms with E-state index in [-0.39, 0.29) is 6.04 Å². The average Bonchev–Trinajstić information content (AvgIpc) is 2.37. The predicted octanol–water partition coefficient (Wildman–Crippen LogP) is 2.70. The van der Waals surface area contributed by atoms with E-state index in [1.54, 1.807) is 7.11 Å².